The molecule has 0 spiro atoms. The molecule has 19 nitrogen and oxygen atoms in total. The zero-order valence-corrected chi connectivity index (χ0v) is 37.9. The maximum absolute atomic E-state index is 14.8. The van der Waals surface area contributed by atoms with Gasteiger partial charge in [-0.05, 0) is 33.9 Å². The van der Waals surface area contributed by atoms with Crippen LogP contribution in [-0.2, 0) is 35.1 Å². The third-order valence-corrected chi connectivity index (χ3v) is 12.4. The van der Waals surface area contributed by atoms with Crippen LogP contribution < -0.4 is 11.1 Å². The van der Waals surface area contributed by atoms with Crippen LogP contribution >= 0.6 is 0 Å². The molecule has 3 aliphatic rings. The quantitative estimate of drug-likeness (QED) is 0.0909. The largest absolute Gasteiger partial charge is 0.480 e. The smallest absolute Gasteiger partial charge is 0.410 e. The molecule has 2 fully saturated rings. The van der Waals surface area contributed by atoms with E-state index in [1.54, 1.807) is 25.8 Å². The number of benzene rings is 3. The van der Waals surface area contributed by atoms with Gasteiger partial charge < -0.3 is 41.2 Å². The summed E-state index contributed by atoms with van der Waals surface area (Å²) in [5, 5.41) is 44.8. The molecule has 4 atom stereocenters. The van der Waals surface area contributed by atoms with E-state index in [1.807, 2.05) is 72.8 Å². The van der Waals surface area contributed by atoms with Crippen molar-refractivity contribution in [2.45, 2.75) is 36.6 Å². The molecule has 0 radical (unpaired) electrons. The monoisotopic (exact) mass is 1040 g/mol. The molecule has 0 saturated carbocycles. The number of ether oxygens (including phenoxy) is 1. The van der Waals surface area contributed by atoms with Gasteiger partial charge in [0.25, 0.3) is 0 Å². The number of primary amides is 1. The standard InChI is InChI=1S/C45H54N8O11.Gd/c46-43(61)36(21-28-22-47-35-12-6-5-7-29(28)35)48-44(62)42-41(37(54)23-53(42)45(63)64-27-34-32-10-3-1-8-30(32)31-9-2-4-11-33(31)34)52-19-17-50(25-39(57)58)15-13-49(24-38(55)56)14-16-51(18-20-52)26-40(59)60;/h1-12,22,34,36-37,41-42,47,54H,13-21,23-27H2,(H2,46,61)(H,48,62)(H,55,56)(H,57,58)(H,59,60);/t36-,37+,41?,42+;/m1./s1. The second-order valence-corrected chi connectivity index (χ2v) is 16.5. The number of H-pyrrole nitrogens is 1. The van der Waals surface area contributed by atoms with Gasteiger partial charge in [-0.1, -0.05) is 66.7 Å². The van der Waals surface area contributed by atoms with E-state index in [0.717, 1.165) is 38.1 Å². The zero-order valence-electron chi connectivity index (χ0n) is 35.6. The summed E-state index contributed by atoms with van der Waals surface area (Å²) in [5.74, 6) is -5.28. The number of carbonyl (C=O) groups excluding carboxylic acids is 3. The number of carboxylic acid groups (broad SMARTS) is 3. The Hall–Kier alpha value is -5.06. The number of aliphatic hydroxyl groups excluding tert-OH is 1. The molecular formula is C45H54GdN8O11. The predicted molar refractivity (Wildman–Crippen MR) is 232 cm³/mol. The van der Waals surface area contributed by atoms with Gasteiger partial charge in [0.05, 0.1) is 38.3 Å². The molecule has 1 aliphatic carbocycles. The number of nitrogens with one attached hydrogen (secondary N) is 2. The normalized spacial score (nSPS) is 20.7. The Morgan fingerprint density at radius 2 is 1.22 bits per heavy atom. The Morgan fingerprint density at radius 3 is 1.74 bits per heavy atom. The Balaban J connectivity index is 0.00000700. The van der Waals surface area contributed by atoms with Gasteiger partial charge in [0, 0.05) is 122 Å². The number of fused-ring (bicyclic) bond motifs is 4. The van der Waals surface area contributed by atoms with Crippen LogP contribution in [0.1, 0.15) is 22.6 Å². The van der Waals surface area contributed by atoms with Crippen LogP contribution in [0, 0.1) is 39.9 Å². The summed E-state index contributed by atoms with van der Waals surface area (Å²) < 4.78 is 6.03. The minimum absolute atomic E-state index is 0. The van der Waals surface area contributed by atoms with Crippen LogP contribution in [0.2, 0.25) is 0 Å². The van der Waals surface area contributed by atoms with Crippen molar-refractivity contribution in [3.05, 3.63) is 95.7 Å². The van der Waals surface area contributed by atoms with Crippen molar-refractivity contribution in [1.29, 1.82) is 0 Å². The average molecular weight is 1040 g/mol. The van der Waals surface area contributed by atoms with Gasteiger partial charge in [-0.2, -0.15) is 0 Å². The number of aromatic nitrogens is 1. The number of rotatable bonds is 14. The van der Waals surface area contributed by atoms with Crippen molar-refractivity contribution in [3.63, 3.8) is 0 Å². The average Bonchev–Trinajstić information content (AvgIpc) is 3.93. The minimum Gasteiger partial charge on any atom is -0.480 e. The molecule has 65 heavy (non-hydrogen) atoms. The number of aromatic amines is 1. The van der Waals surface area contributed by atoms with Crippen LogP contribution in [0.4, 0.5) is 4.79 Å². The number of nitrogens with two attached hydrogens (primary N) is 1. The molecule has 3 amide bonds. The number of hydrogen-bond acceptors (Lipinski definition) is 12. The van der Waals surface area contributed by atoms with E-state index in [4.69, 9.17) is 10.5 Å². The van der Waals surface area contributed by atoms with Gasteiger partial charge in [0.2, 0.25) is 11.8 Å². The summed E-state index contributed by atoms with van der Waals surface area (Å²) in [7, 11) is 0. The third kappa shape index (κ3) is 12.1. The van der Waals surface area contributed by atoms with Crippen LogP contribution in [-0.4, -0.2) is 195 Å². The van der Waals surface area contributed by atoms with E-state index in [2.05, 4.69) is 10.3 Å². The Labute approximate surface area is 407 Å². The molecule has 1 unspecified atom stereocenters. The Bertz CT molecular complexity index is 2290. The van der Waals surface area contributed by atoms with Crippen molar-refractivity contribution in [2.24, 2.45) is 5.73 Å². The molecule has 4 aromatic rings. The van der Waals surface area contributed by atoms with E-state index >= 15 is 0 Å². The summed E-state index contributed by atoms with van der Waals surface area (Å²) in [6, 6.07) is 19.2. The zero-order chi connectivity index (χ0) is 45.5. The summed E-state index contributed by atoms with van der Waals surface area (Å²) >= 11 is 0. The third-order valence-electron chi connectivity index (χ3n) is 12.4. The summed E-state index contributed by atoms with van der Waals surface area (Å²) in [6.07, 6.45) is -0.519. The van der Waals surface area contributed by atoms with Crippen molar-refractivity contribution in [2.75, 3.05) is 85.1 Å². The number of aliphatic carboxylic acids is 3. The molecule has 2 saturated heterocycles. The molecule has 0 bridgehead atoms. The summed E-state index contributed by atoms with van der Waals surface area (Å²) in [6.45, 7) is -0.675. The minimum atomic E-state index is -1.46. The summed E-state index contributed by atoms with van der Waals surface area (Å²) in [5.41, 5.74) is 11.4. The Morgan fingerprint density at radius 1 is 0.723 bits per heavy atom. The summed E-state index contributed by atoms with van der Waals surface area (Å²) in [4.78, 5) is 88.9. The fourth-order valence-electron chi connectivity index (χ4n) is 9.32. The maximum atomic E-state index is 14.8. The number of β-amino-alcohol motifs (C(OH)–C–C–N with tert-alkyl or cyclic N) is 1. The van der Waals surface area contributed by atoms with Crippen molar-refractivity contribution in [1.82, 2.24) is 34.8 Å². The number of amides is 3. The molecule has 348 valence electrons. The number of carboxylic acids is 3. The number of aliphatic hydroxyl groups is 1. The maximum Gasteiger partial charge on any atom is 0.410 e. The van der Waals surface area contributed by atoms with Gasteiger partial charge in [-0.15, -0.1) is 0 Å². The molecule has 1 aromatic heterocycles. The van der Waals surface area contributed by atoms with E-state index in [1.165, 1.54) is 0 Å². The molecule has 2 aliphatic heterocycles. The second-order valence-electron chi connectivity index (χ2n) is 16.5. The SMILES string of the molecule is NC(=O)[C@@H](Cc1c[nH]c2ccccc12)NC(=O)[C@@H]1C(N2CCN(CC(=O)O)CCN(CC(=O)O)CCN(CC(=O)O)CC2)[C@@H](O)CN1C(=O)OCC1c2ccccc2-c2ccccc21.[Gd]. The first-order valence-electron chi connectivity index (χ1n) is 21.3. The molecular weight excluding hydrogens is 986 g/mol. The fraction of sp³-hybridized carbons (Fsp3) is 0.422. The molecule has 3 aromatic carbocycles. The second kappa shape index (κ2) is 22.4. The molecule has 7 rings (SSSR count). The van der Waals surface area contributed by atoms with Crippen LogP contribution in [0.5, 0.6) is 0 Å². The first-order chi connectivity index (χ1) is 30.8. The number of para-hydroxylation sites is 1. The number of likely N-dealkylation sites (tertiary alicyclic amines) is 1. The van der Waals surface area contributed by atoms with E-state index in [0.29, 0.717) is 5.56 Å². The number of nitrogens with zero attached hydrogens (tertiary/aromatic N) is 5. The van der Waals surface area contributed by atoms with E-state index < -0.39 is 73.1 Å². The van der Waals surface area contributed by atoms with Gasteiger partial charge in [-0.3, -0.25) is 48.5 Å². The molecule has 8 N–H and O–H groups in total. The van der Waals surface area contributed by atoms with Crippen LogP contribution in [0.25, 0.3) is 22.0 Å². The Kier molecular flexibility index (Phi) is 17.0. The number of carbonyl (C=O) groups is 6. The first kappa shape index (κ1) is 49.4. The number of hydrogen-bond donors (Lipinski definition) is 7. The molecule has 3 heterocycles. The van der Waals surface area contributed by atoms with Crippen molar-refractivity contribution < 1.29 is 93.9 Å². The van der Waals surface area contributed by atoms with Gasteiger partial charge >= 0.3 is 24.0 Å². The van der Waals surface area contributed by atoms with Crippen molar-refractivity contribution >= 4 is 46.7 Å². The van der Waals surface area contributed by atoms with Gasteiger partial charge in [-0.25, -0.2) is 4.79 Å². The topological polar surface area (TPSA) is 263 Å². The van der Waals surface area contributed by atoms with E-state index in [9.17, 15) is 49.2 Å². The fourth-order valence-corrected chi connectivity index (χ4v) is 9.32. The van der Waals surface area contributed by atoms with Crippen LogP contribution in [0.15, 0.2) is 79.0 Å². The van der Waals surface area contributed by atoms with Crippen LogP contribution in [0.3, 0.4) is 0 Å². The predicted octanol–water partition coefficient (Wildman–Crippen LogP) is 0.519. The van der Waals surface area contributed by atoms with Gasteiger partial charge in [0.1, 0.15) is 18.7 Å². The van der Waals surface area contributed by atoms with E-state index in [-0.39, 0.29) is 124 Å². The molecule has 20 heteroatoms. The van der Waals surface area contributed by atoms with Crippen molar-refractivity contribution in [3.8, 4) is 11.1 Å². The first-order valence-corrected chi connectivity index (χ1v) is 21.3. The van der Waals surface area contributed by atoms with Gasteiger partial charge in [0.15, 0.2) is 0 Å².